The first-order chi connectivity index (χ1) is 9.45. The van der Waals surface area contributed by atoms with Gasteiger partial charge in [0.05, 0.1) is 18.0 Å². The zero-order valence-corrected chi connectivity index (χ0v) is 13.5. The van der Waals surface area contributed by atoms with Gasteiger partial charge in [0.15, 0.2) is 0 Å². The molecule has 1 aromatic carbocycles. The fourth-order valence-electron chi connectivity index (χ4n) is 2.06. The lowest BCUT2D eigenvalue weighted by molar-refractivity contribution is 0.0490. The first-order valence-corrected chi connectivity index (χ1v) is 8.04. The molecule has 0 aliphatic heterocycles. The summed E-state index contributed by atoms with van der Waals surface area (Å²) < 4.78 is 1.69. The number of aromatic nitrogens is 3. The third kappa shape index (κ3) is 3.28. The van der Waals surface area contributed by atoms with E-state index < -0.39 is 5.60 Å². The summed E-state index contributed by atoms with van der Waals surface area (Å²) >= 11 is 13.7. The van der Waals surface area contributed by atoms with Gasteiger partial charge >= 0.3 is 0 Å². The van der Waals surface area contributed by atoms with E-state index in [2.05, 4.69) is 10.3 Å². The van der Waals surface area contributed by atoms with Crippen LogP contribution in [0.15, 0.2) is 30.6 Å². The van der Waals surface area contributed by atoms with Gasteiger partial charge in [-0.05, 0) is 25.3 Å². The second kappa shape index (κ2) is 6.35. The molecule has 0 fully saturated rings. The van der Waals surface area contributed by atoms with Crippen LogP contribution in [-0.4, -0.2) is 31.6 Å². The maximum atomic E-state index is 10.9. The van der Waals surface area contributed by atoms with Gasteiger partial charge in [-0.25, -0.2) is 0 Å². The number of nitrogens with zero attached hydrogens (tertiary/aromatic N) is 3. The molecule has 4 nitrogen and oxygen atoms in total. The van der Waals surface area contributed by atoms with E-state index in [9.17, 15) is 5.11 Å². The summed E-state index contributed by atoms with van der Waals surface area (Å²) in [6, 6.07) is 5.12. The highest BCUT2D eigenvalue weighted by atomic mass is 35.5. The highest BCUT2D eigenvalue weighted by Gasteiger charge is 2.35. The summed E-state index contributed by atoms with van der Waals surface area (Å²) in [6.45, 7) is 2.29. The Kier molecular flexibility index (Phi) is 4.96. The number of benzene rings is 1. The average molecular weight is 332 g/mol. The summed E-state index contributed by atoms with van der Waals surface area (Å²) in [7, 11) is 0. The number of hydrogen-bond acceptors (Lipinski definition) is 4. The van der Waals surface area contributed by atoms with Gasteiger partial charge in [-0.15, -0.1) is 5.10 Å². The molecule has 1 N–H and O–H groups in total. The van der Waals surface area contributed by atoms with E-state index in [1.165, 1.54) is 0 Å². The van der Waals surface area contributed by atoms with Crippen molar-refractivity contribution in [3.8, 4) is 0 Å². The second-order valence-electron chi connectivity index (χ2n) is 4.62. The average Bonchev–Trinajstić information content (AvgIpc) is 2.88. The van der Waals surface area contributed by atoms with Crippen LogP contribution in [-0.2, 0) is 12.1 Å². The van der Waals surface area contributed by atoms with Gasteiger partial charge in [0.1, 0.15) is 5.60 Å². The van der Waals surface area contributed by atoms with Gasteiger partial charge in [-0.3, -0.25) is 4.68 Å². The van der Waals surface area contributed by atoms with Crippen molar-refractivity contribution in [1.29, 1.82) is 0 Å². The first kappa shape index (κ1) is 15.6. The van der Waals surface area contributed by atoms with Gasteiger partial charge < -0.3 is 5.11 Å². The Balaban J connectivity index is 2.30. The molecular weight excluding hydrogens is 317 g/mol. The molecule has 2 aromatic rings. The molecule has 2 unspecified atom stereocenters. The van der Waals surface area contributed by atoms with Crippen LogP contribution in [0.4, 0.5) is 0 Å². The van der Waals surface area contributed by atoms with Crippen LogP contribution >= 0.6 is 35.0 Å². The fourth-order valence-corrected chi connectivity index (χ4v) is 3.54. The summed E-state index contributed by atoms with van der Waals surface area (Å²) in [4.78, 5) is 0. The predicted octanol–water partition coefficient (Wildman–Crippen LogP) is 3.22. The van der Waals surface area contributed by atoms with Crippen molar-refractivity contribution in [3.05, 3.63) is 46.2 Å². The fraction of sp³-hybridized carbons (Fsp3) is 0.385. The predicted molar refractivity (Wildman–Crippen MR) is 83.4 cm³/mol. The lowest BCUT2D eigenvalue weighted by Gasteiger charge is -2.32. The molecule has 0 amide bonds. The summed E-state index contributed by atoms with van der Waals surface area (Å²) in [5.41, 5.74) is -0.449. The van der Waals surface area contributed by atoms with E-state index in [-0.39, 0.29) is 5.25 Å². The van der Waals surface area contributed by atoms with Crippen LogP contribution in [0.3, 0.4) is 0 Å². The molecule has 0 radical (unpaired) electrons. The molecule has 0 spiro atoms. The minimum absolute atomic E-state index is 0.122. The SMILES string of the molecule is CSC(Cn1ccnn1)C(C)(O)c1ccc(Cl)cc1Cl. The Morgan fingerprint density at radius 3 is 2.75 bits per heavy atom. The number of thioether (sulfide) groups is 1. The third-order valence-corrected chi connectivity index (χ3v) is 4.94. The molecule has 2 rings (SSSR count). The van der Waals surface area contributed by atoms with Crippen molar-refractivity contribution in [2.45, 2.75) is 24.3 Å². The Hall–Kier alpha value is -0.750. The number of rotatable bonds is 5. The van der Waals surface area contributed by atoms with Crippen molar-refractivity contribution < 1.29 is 5.11 Å². The molecule has 0 bridgehead atoms. The molecule has 0 aliphatic rings. The van der Waals surface area contributed by atoms with E-state index in [4.69, 9.17) is 23.2 Å². The Morgan fingerprint density at radius 1 is 1.45 bits per heavy atom. The summed E-state index contributed by atoms with van der Waals surface area (Å²) in [5, 5.41) is 19.5. The number of hydrogen-bond donors (Lipinski definition) is 1. The van der Waals surface area contributed by atoms with Crippen molar-refractivity contribution in [2.75, 3.05) is 6.26 Å². The lowest BCUT2D eigenvalue weighted by Crippen LogP contribution is -2.37. The topological polar surface area (TPSA) is 50.9 Å². The van der Waals surface area contributed by atoms with E-state index in [0.29, 0.717) is 22.2 Å². The second-order valence-corrected chi connectivity index (χ2v) is 6.51. The minimum Gasteiger partial charge on any atom is -0.384 e. The van der Waals surface area contributed by atoms with Crippen molar-refractivity contribution in [3.63, 3.8) is 0 Å². The largest absolute Gasteiger partial charge is 0.384 e. The smallest absolute Gasteiger partial charge is 0.102 e. The van der Waals surface area contributed by atoms with Crippen LogP contribution in [0, 0.1) is 0 Å². The van der Waals surface area contributed by atoms with Crippen molar-refractivity contribution in [2.24, 2.45) is 0 Å². The highest BCUT2D eigenvalue weighted by Crippen LogP contribution is 2.37. The van der Waals surface area contributed by atoms with Crippen LogP contribution in [0.1, 0.15) is 12.5 Å². The van der Waals surface area contributed by atoms with Crippen molar-refractivity contribution >= 4 is 35.0 Å². The Morgan fingerprint density at radius 2 is 2.20 bits per heavy atom. The molecule has 2 atom stereocenters. The van der Waals surface area contributed by atoms with Crippen LogP contribution in [0.5, 0.6) is 0 Å². The van der Waals surface area contributed by atoms with Crippen LogP contribution < -0.4 is 0 Å². The third-order valence-electron chi connectivity index (χ3n) is 3.21. The Labute approximate surface area is 132 Å². The minimum atomic E-state index is -1.10. The number of aliphatic hydroxyl groups is 1. The molecule has 20 heavy (non-hydrogen) atoms. The summed E-state index contributed by atoms with van der Waals surface area (Å²) in [5.74, 6) is 0. The molecule has 0 saturated heterocycles. The van der Waals surface area contributed by atoms with E-state index in [1.54, 1.807) is 54.0 Å². The zero-order valence-electron chi connectivity index (χ0n) is 11.1. The molecular formula is C13H15Cl2N3OS. The normalized spacial score (nSPS) is 15.8. The van der Waals surface area contributed by atoms with E-state index >= 15 is 0 Å². The van der Waals surface area contributed by atoms with E-state index in [0.717, 1.165) is 0 Å². The molecule has 1 aromatic heterocycles. The molecule has 0 aliphatic carbocycles. The molecule has 7 heteroatoms. The van der Waals surface area contributed by atoms with Crippen LogP contribution in [0.25, 0.3) is 0 Å². The van der Waals surface area contributed by atoms with Gasteiger partial charge in [-0.2, -0.15) is 11.8 Å². The molecule has 108 valence electrons. The quantitative estimate of drug-likeness (QED) is 0.913. The van der Waals surface area contributed by atoms with Gasteiger partial charge in [0.2, 0.25) is 0 Å². The van der Waals surface area contributed by atoms with Gasteiger partial charge in [-0.1, -0.05) is 34.5 Å². The van der Waals surface area contributed by atoms with Gasteiger partial charge in [0, 0.05) is 21.8 Å². The highest BCUT2D eigenvalue weighted by molar-refractivity contribution is 7.99. The van der Waals surface area contributed by atoms with Crippen molar-refractivity contribution in [1.82, 2.24) is 15.0 Å². The first-order valence-electron chi connectivity index (χ1n) is 6.00. The number of halogens is 2. The van der Waals surface area contributed by atoms with E-state index in [1.807, 2.05) is 6.26 Å². The molecule has 0 saturated carbocycles. The van der Waals surface area contributed by atoms with Gasteiger partial charge in [0.25, 0.3) is 0 Å². The zero-order chi connectivity index (χ0) is 14.8. The molecule has 1 heterocycles. The Bertz CT molecular complexity index is 575. The lowest BCUT2D eigenvalue weighted by atomic mass is 9.92. The standard InChI is InChI=1S/C13H15Cl2N3OS/c1-13(19,10-4-3-9(14)7-11(10)15)12(20-2)8-18-6-5-16-17-18/h3-7,12,19H,8H2,1-2H3. The monoisotopic (exact) mass is 331 g/mol. The van der Waals surface area contributed by atoms with Crippen LogP contribution in [0.2, 0.25) is 10.0 Å². The summed E-state index contributed by atoms with van der Waals surface area (Å²) in [6.07, 6.45) is 5.32. The maximum absolute atomic E-state index is 10.9. The maximum Gasteiger partial charge on any atom is 0.102 e.